The molecule has 1 aromatic carbocycles. The van der Waals surface area contributed by atoms with Gasteiger partial charge in [-0.2, -0.15) is 13.2 Å². The van der Waals surface area contributed by atoms with Crippen LogP contribution in [0.1, 0.15) is 49.1 Å². The fraction of sp³-hybridized carbons (Fsp3) is 0.588. The van der Waals surface area contributed by atoms with E-state index in [4.69, 9.17) is 0 Å². The summed E-state index contributed by atoms with van der Waals surface area (Å²) in [6, 6.07) is 5.53. The number of benzene rings is 1. The SMILES string of the molecule is O=C(NC1CCC(O)CC1)C1CC1c1ccccc1C(F)(F)F. The number of carbonyl (C=O) groups is 1. The summed E-state index contributed by atoms with van der Waals surface area (Å²) in [5, 5.41) is 12.4. The Hall–Kier alpha value is -1.56. The van der Waals surface area contributed by atoms with Crippen LogP contribution in [0.4, 0.5) is 13.2 Å². The first-order valence-corrected chi connectivity index (χ1v) is 8.01. The summed E-state index contributed by atoms with van der Waals surface area (Å²) in [4.78, 5) is 12.2. The summed E-state index contributed by atoms with van der Waals surface area (Å²) < 4.78 is 39.1. The molecule has 3 nitrogen and oxygen atoms in total. The molecule has 6 heteroatoms. The number of hydrogen-bond acceptors (Lipinski definition) is 2. The molecule has 0 bridgehead atoms. The molecule has 1 amide bonds. The molecule has 2 saturated carbocycles. The Morgan fingerprint density at radius 1 is 1.13 bits per heavy atom. The predicted molar refractivity (Wildman–Crippen MR) is 78.7 cm³/mol. The Morgan fingerprint density at radius 2 is 1.78 bits per heavy atom. The molecule has 23 heavy (non-hydrogen) atoms. The topological polar surface area (TPSA) is 49.3 Å². The summed E-state index contributed by atoms with van der Waals surface area (Å²) >= 11 is 0. The molecular formula is C17H20F3NO2. The van der Waals surface area contributed by atoms with Crippen LogP contribution in [-0.4, -0.2) is 23.2 Å². The van der Waals surface area contributed by atoms with Crippen molar-refractivity contribution in [2.75, 3.05) is 0 Å². The summed E-state index contributed by atoms with van der Waals surface area (Å²) in [5.41, 5.74) is -0.416. The van der Waals surface area contributed by atoms with Gasteiger partial charge in [0.15, 0.2) is 0 Å². The van der Waals surface area contributed by atoms with E-state index in [9.17, 15) is 23.1 Å². The van der Waals surface area contributed by atoms with Gasteiger partial charge in [0.1, 0.15) is 0 Å². The van der Waals surface area contributed by atoms with Crippen molar-refractivity contribution in [2.45, 2.75) is 56.3 Å². The van der Waals surface area contributed by atoms with Gasteiger partial charge in [-0.15, -0.1) is 0 Å². The molecule has 0 radical (unpaired) electrons. The van der Waals surface area contributed by atoms with E-state index in [0.717, 1.165) is 18.9 Å². The van der Waals surface area contributed by atoms with Gasteiger partial charge in [-0.25, -0.2) is 0 Å². The highest BCUT2D eigenvalue weighted by Crippen LogP contribution is 2.51. The van der Waals surface area contributed by atoms with Crippen LogP contribution < -0.4 is 5.32 Å². The Morgan fingerprint density at radius 3 is 2.43 bits per heavy atom. The number of hydrogen-bond donors (Lipinski definition) is 2. The van der Waals surface area contributed by atoms with Gasteiger partial charge in [0.2, 0.25) is 5.91 Å². The zero-order valence-corrected chi connectivity index (χ0v) is 12.6. The van der Waals surface area contributed by atoms with E-state index in [1.54, 1.807) is 6.07 Å². The van der Waals surface area contributed by atoms with Crippen molar-refractivity contribution < 1.29 is 23.1 Å². The van der Waals surface area contributed by atoms with Gasteiger partial charge in [-0.3, -0.25) is 4.79 Å². The molecule has 0 saturated heterocycles. The minimum atomic E-state index is -4.39. The molecule has 0 aliphatic heterocycles. The van der Waals surface area contributed by atoms with Crippen molar-refractivity contribution in [3.05, 3.63) is 35.4 Å². The van der Waals surface area contributed by atoms with E-state index in [1.807, 2.05) is 0 Å². The molecule has 2 fully saturated rings. The van der Waals surface area contributed by atoms with Crippen molar-refractivity contribution in [1.82, 2.24) is 5.32 Å². The molecule has 0 aromatic heterocycles. The summed E-state index contributed by atoms with van der Waals surface area (Å²) in [7, 11) is 0. The van der Waals surface area contributed by atoms with Gasteiger partial charge in [0.05, 0.1) is 11.7 Å². The molecule has 126 valence electrons. The van der Waals surface area contributed by atoms with Crippen LogP contribution in [0.25, 0.3) is 0 Å². The molecule has 2 atom stereocenters. The van der Waals surface area contributed by atoms with Crippen LogP contribution in [-0.2, 0) is 11.0 Å². The number of aliphatic hydroxyl groups is 1. The van der Waals surface area contributed by atoms with Gasteiger partial charge in [0.25, 0.3) is 0 Å². The van der Waals surface area contributed by atoms with E-state index < -0.39 is 11.7 Å². The minimum absolute atomic E-state index is 0.0324. The van der Waals surface area contributed by atoms with E-state index in [2.05, 4.69) is 5.32 Å². The quantitative estimate of drug-likeness (QED) is 0.895. The van der Waals surface area contributed by atoms with E-state index >= 15 is 0 Å². The first-order valence-electron chi connectivity index (χ1n) is 8.01. The van der Waals surface area contributed by atoms with Crippen LogP contribution in [0.5, 0.6) is 0 Å². The van der Waals surface area contributed by atoms with E-state index in [0.29, 0.717) is 19.3 Å². The largest absolute Gasteiger partial charge is 0.416 e. The molecular weight excluding hydrogens is 307 g/mol. The lowest BCUT2D eigenvalue weighted by molar-refractivity contribution is -0.138. The molecule has 2 aliphatic rings. The van der Waals surface area contributed by atoms with Gasteiger partial charge in [-0.05, 0) is 49.7 Å². The summed E-state index contributed by atoms with van der Waals surface area (Å²) in [5.74, 6) is -0.874. The van der Waals surface area contributed by atoms with Gasteiger partial charge >= 0.3 is 6.18 Å². The highest BCUT2D eigenvalue weighted by Gasteiger charge is 2.48. The Bertz CT molecular complexity index is 579. The maximum absolute atomic E-state index is 13.0. The van der Waals surface area contributed by atoms with E-state index in [1.165, 1.54) is 12.1 Å². The third-order valence-electron chi connectivity index (χ3n) is 4.84. The number of nitrogens with one attached hydrogen (secondary N) is 1. The zero-order valence-electron chi connectivity index (χ0n) is 12.6. The average Bonchev–Trinajstić information content (AvgIpc) is 3.29. The van der Waals surface area contributed by atoms with Crippen molar-refractivity contribution in [3.8, 4) is 0 Å². The van der Waals surface area contributed by atoms with Crippen LogP contribution in [0.15, 0.2) is 24.3 Å². The number of amides is 1. The smallest absolute Gasteiger partial charge is 0.393 e. The second-order valence-corrected chi connectivity index (χ2v) is 6.55. The van der Waals surface area contributed by atoms with Crippen LogP contribution in [0, 0.1) is 5.92 Å². The zero-order chi connectivity index (χ0) is 16.6. The lowest BCUT2D eigenvalue weighted by Crippen LogP contribution is -2.39. The second-order valence-electron chi connectivity index (χ2n) is 6.55. The van der Waals surface area contributed by atoms with Crippen molar-refractivity contribution in [2.24, 2.45) is 5.92 Å². The monoisotopic (exact) mass is 327 g/mol. The number of aliphatic hydroxyl groups excluding tert-OH is 1. The van der Waals surface area contributed by atoms with Crippen LogP contribution >= 0.6 is 0 Å². The normalized spacial score (nSPS) is 30.8. The molecule has 1 aromatic rings. The minimum Gasteiger partial charge on any atom is -0.393 e. The first-order chi connectivity index (χ1) is 10.9. The van der Waals surface area contributed by atoms with E-state index in [-0.39, 0.29) is 35.5 Å². The standard InChI is InChI=1S/C17H20F3NO2/c18-17(19,20)15-4-2-1-3-12(15)13-9-14(13)16(23)21-10-5-7-11(22)8-6-10/h1-4,10-11,13-14,22H,5-9H2,(H,21,23). The Kier molecular flexibility index (Phi) is 4.36. The lowest BCUT2D eigenvalue weighted by Gasteiger charge is -2.26. The molecule has 0 heterocycles. The summed E-state index contributed by atoms with van der Waals surface area (Å²) in [6.07, 6.45) is -1.44. The summed E-state index contributed by atoms with van der Waals surface area (Å²) in [6.45, 7) is 0. The number of carbonyl (C=O) groups excluding carboxylic acids is 1. The first kappa shape index (κ1) is 16.3. The van der Waals surface area contributed by atoms with Gasteiger partial charge in [0, 0.05) is 12.0 Å². The van der Waals surface area contributed by atoms with Crippen LogP contribution in [0.3, 0.4) is 0 Å². The third kappa shape index (κ3) is 3.68. The predicted octanol–water partition coefficient (Wildman–Crippen LogP) is 3.23. The molecule has 2 aliphatic carbocycles. The molecule has 0 spiro atoms. The van der Waals surface area contributed by atoms with Crippen molar-refractivity contribution >= 4 is 5.91 Å². The van der Waals surface area contributed by atoms with Gasteiger partial charge < -0.3 is 10.4 Å². The number of alkyl halides is 3. The molecule has 3 rings (SSSR count). The molecule has 2 N–H and O–H groups in total. The maximum Gasteiger partial charge on any atom is 0.416 e. The number of halogens is 3. The van der Waals surface area contributed by atoms with Crippen molar-refractivity contribution in [1.29, 1.82) is 0 Å². The highest BCUT2D eigenvalue weighted by molar-refractivity contribution is 5.83. The van der Waals surface area contributed by atoms with Crippen LogP contribution in [0.2, 0.25) is 0 Å². The van der Waals surface area contributed by atoms with Crippen molar-refractivity contribution in [3.63, 3.8) is 0 Å². The second kappa shape index (κ2) is 6.15. The number of rotatable bonds is 3. The fourth-order valence-corrected chi connectivity index (χ4v) is 3.44. The maximum atomic E-state index is 13.0. The lowest BCUT2D eigenvalue weighted by atomic mass is 9.93. The fourth-order valence-electron chi connectivity index (χ4n) is 3.44. The Balaban J connectivity index is 1.62. The average molecular weight is 327 g/mol. The third-order valence-corrected chi connectivity index (χ3v) is 4.84. The highest BCUT2D eigenvalue weighted by atomic mass is 19.4. The van der Waals surface area contributed by atoms with Gasteiger partial charge in [-0.1, -0.05) is 18.2 Å². The molecule has 2 unspecified atom stereocenters. The Labute approximate surface area is 132 Å².